The Hall–Kier alpha value is 2.60. The van der Waals surface area contributed by atoms with Crippen molar-refractivity contribution < 1.29 is 37.9 Å². The summed E-state index contributed by atoms with van der Waals surface area (Å²) in [5, 5.41) is 0. The van der Waals surface area contributed by atoms with Crippen LogP contribution in [0, 0.1) is 5.41 Å². The van der Waals surface area contributed by atoms with Crippen molar-refractivity contribution in [1.29, 1.82) is 0 Å². The van der Waals surface area contributed by atoms with E-state index in [0.717, 1.165) is 44.1 Å². The molecular formula is C21H40I4O8. The lowest BCUT2D eigenvalue weighted by Gasteiger charge is -2.33. The summed E-state index contributed by atoms with van der Waals surface area (Å²) < 4.78 is 49.9. The van der Waals surface area contributed by atoms with Gasteiger partial charge >= 0.3 is 0 Å². The number of halogens is 4. The minimum absolute atomic E-state index is 0.431. The van der Waals surface area contributed by atoms with Crippen LogP contribution in [-0.4, -0.2) is 123 Å². The highest BCUT2D eigenvalue weighted by Gasteiger charge is 2.32. The van der Waals surface area contributed by atoms with Crippen molar-refractivity contribution in [2.45, 2.75) is 0 Å². The first-order chi connectivity index (χ1) is 16.2. The molecule has 12 heteroatoms. The number of hydrogen-bond donors (Lipinski definition) is 0. The summed E-state index contributed by atoms with van der Waals surface area (Å²) in [6.07, 6.45) is 0. The second-order valence-corrected chi connectivity index (χ2v) is 11.2. The lowest BCUT2D eigenvalue weighted by atomic mass is 9.92. The summed E-state index contributed by atoms with van der Waals surface area (Å²) in [5.74, 6) is 0. The van der Waals surface area contributed by atoms with E-state index in [1.807, 2.05) is 0 Å². The van der Waals surface area contributed by atoms with E-state index in [1.54, 1.807) is 0 Å². The van der Waals surface area contributed by atoms with Gasteiger partial charge in [0.2, 0.25) is 0 Å². The van der Waals surface area contributed by atoms with Crippen LogP contribution in [0.2, 0.25) is 0 Å². The van der Waals surface area contributed by atoms with Crippen LogP contribution < -0.4 is 0 Å². The summed E-state index contributed by atoms with van der Waals surface area (Å²) in [7, 11) is 0. The van der Waals surface area contributed by atoms with Crippen LogP contribution in [0.5, 0.6) is 0 Å². The SMILES string of the molecule is ICCOCCOCC(COCCOCCI)(COCCOCCI)COCCOCCI. The first kappa shape index (κ1) is 35.6. The summed E-state index contributed by atoms with van der Waals surface area (Å²) in [5.41, 5.74) is -0.431. The molecule has 0 aromatic rings. The monoisotopic (exact) mass is 928 g/mol. The molecule has 0 bridgehead atoms. The van der Waals surface area contributed by atoms with Gasteiger partial charge in [0.05, 0.1) is 111 Å². The van der Waals surface area contributed by atoms with E-state index in [9.17, 15) is 0 Å². The molecule has 0 amide bonds. The van der Waals surface area contributed by atoms with Gasteiger partial charge in [-0.3, -0.25) is 0 Å². The predicted octanol–water partition coefficient (Wildman–Crippen LogP) is 3.85. The van der Waals surface area contributed by atoms with Gasteiger partial charge in [0.25, 0.3) is 0 Å². The van der Waals surface area contributed by atoms with Gasteiger partial charge in [-0.25, -0.2) is 0 Å². The van der Waals surface area contributed by atoms with Crippen LogP contribution in [0.1, 0.15) is 0 Å². The van der Waals surface area contributed by atoms with Gasteiger partial charge in [0.1, 0.15) is 0 Å². The van der Waals surface area contributed by atoms with E-state index < -0.39 is 5.41 Å². The quantitative estimate of drug-likeness (QED) is 0.0667. The number of alkyl halides is 4. The van der Waals surface area contributed by atoms with Crippen LogP contribution in [0.4, 0.5) is 0 Å². The number of hydrogen-bond acceptors (Lipinski definition) is 8. The van der Waals surface area contributed by atoms with Gasteiger partial charge in [-0.2, -0.15) is 0 Å². The molecule has 0 spiro atoms. The Balaban J connectivity index is 4.74. The molecule has 0 heterocycles. The van der Waals surface area contributed by atoms with Crippen LogP contribution in [0.25, 0.3) is 0 Å². The molecule has 0 aliphatic rings. The van der Waals surface area contributed by atoms with Crippen molar-refractivity contribution in [3.05, 3.63) is 0 Å². The highest BCUT2D eigenvalue weighted by molar-refractivity contribution is 14.1. The van der Waals surface area contributed by atoms with E-state index in [2.05, 4.69) is 90.4 Å². The molecule has 0 atom stereocenters. The smallest absolute Gasteiger partial charge is 0.0700 e. The molecule has 0 N–H and O–H groups in total. The second-order valence-electron chi connectivity index (χ2n) is 6.92. The van der Waals surface area contributed by atoms with E-state index in [-0.39, 0.29) is 0 Å². The first-order valence-corrected chi connectivity index (χ1v) is 17.2. The van der Waals surface area contributed by atoms with Gasteiger partial charge < -0.3 is 37.9 Å². The molecule has 0 saturated carbocycles. The maximum absolute atomic E-state index is 5.97. The van der Waals surface area contributed by atoms with E-state index >= 15 is 0 Å². The molecular weight excluding hydrogens is 888 g/mol. The van der Waals surface area contributed by atoms with E-state index in [4.69, 9.17) is 37.9 Å². The fourth-order valence-electron chi connectivity index (χ4n) is 2.50. The zero-order valence-electron chi connectivity index (χ0n) is 19.4. The van der Waals surface area contributed by atoms with Crippen molar-refractivity contribution in [2.75, 3.05) is 123 Å². The Morgan fingerprint density at radius 2 is 0.515 bits per heavy atom. The highest BCUT2D eigenvalue weighted by atomic mass is 127. The maximum Gasteiger partial charge on any atom is 0.0700 e. The maximum atomic E-state index is 5.97. The molecule has 0 aliphatic heterocycles. The lowest BCUT2D eigenvalue weighted by Crippen LogP contribution is -2.43. The van der Waals surface area contributed by atoms with E-state index in [0.29, 0.717) is 79.3 Å². The topological polar surface area (TPSA) is 73.8 Å². The molecule has 200 valence electrons. The third kappa shape index (κ3) is 24.7. The Kier molecular flexibility index (Phi) is 31.5. The Morgan fingerprint density at radius 3 is 0.727 bits per heavy atom. The van der Waals surface area contributed by atoms with Crippen molar-refractivity contribution >= 4 is 90.4 Å². The molecule has 33 heavy (non-hydrogen) atoms. The fourth-order valence-corrected chi connectivity index (χ4v) is 3.75. The van der Waals surface area contributed by atoms with Crippen molar-refractivity contribution in [3.8, 4) is 0 Å². The standard InChI is InChI=1S/C21H40I4O8/c22-1-5-26-9-13-30-17-21(18-31-14-10-27-6-2-23,19-32-15-11-28-7-3-24)20-33-16-12-29-8-4-25/h1-20H2. The second kappa shape index (κ2) is 29.2. The minimum atomic E-state index is -0.431. The molecule has 0 aromatic heterocycles. The summed E-state index contributed by atoms with van der Waals surface area (Å²) >= 11 is 9.18. The van der Waals surface area contributed by atoms with Gasteiger partial charge in [0.15, 0.2) is 0 Å². The predicted molar refractivity (Wildman–Crippen MR) is 165 cm³/mol. The van der Waals surface area contributed by atoms with Crippen LogP contribution in [0.15, 0.2) is 0 Å². The zero-order chi connectivity index (χ0) is 24.3. The van der Waals surface area contributed by atoms with Crippen LogP contribution in [0.3, 0.4) is 0 Å². The normalized spacial score (nSPS) is 12.0. The molecule has 0 aromatic carbocycles. The van der Waals surface area contributed by atoms with Gasteiger partial charge in [-0.05, 0) is 0 Å². The molecule has 0 rings (SSSR count). The first-order valence-electron chi connectivity index (χ1n) is 11.1. The van der Waals surface area contributed by atoms with Crippen molar-refractivity contribution in [2.24, 2.45) is 5.41 Å². The largest absolute Gasteiger partial charge is 0.378 e. The molecule has 0 radical (unpaired) electrons. The Labute approximate surface area is 254 Å². The van der Waals surface area contributed by atoms with Crippen LogP contribution in [-0.2, 0) is 37.9 Å². The van der Waals surface area contributed by atoms with Crippen LogP contribution >= 0.6 is 90.4 Å². The Bertz CT molecular complexity index is 317. The minimum Gasteiger partial charge on any atom is -0.378 e. The lowest BCUT2D eigenvalue weighted by molar-refractivity contribution is -0.120. The third-order valence-corrected chi connectivity index (χ3v) is 5.77. The molecule has 0 fully saturated rings. The highest BCUT2D eigenvalue weighted by Crippen LogP contribution is 2.21. The van der Waals surface area contributed by atoms with Crippen molar-refractivity contribution in [1.82, 2.24) is 0 Å². The average Bonchev–Trinajstić information content (AvgIpc) is 2.83. The summed E-state index contributed by atoms with van der Waals surface area (Å²) in [4.78, 5) is 0. The van der Waals surface area contributed by atoms with E-state index in [1.165, 1.54) is 0 Å². The number of ether oxygens (including phenoxy) is 8. The zero-order valence-corrected chi connectivity index (χ0v) is 28.0. The van der Waals surface area contributed by atoms with Gasteiger partial charge in [0, 0.05) is 17.7 Å². The average molecular weight is 928 g/mol. The molecule has 8 nitrogen and oxygen atoms in total. The van der Waals surface area contributed by atoms with Gasteiger partial charge in [-0.1, -0.05) is 90.4 Å². The van der Waals surface area contributed by atoms with Crippen molar-refractivity contribution in [3.63, 3.8) is 0 Å². The Morgan fingerprint density at radius 1 is 0.303 bits per heavy atom. The molecule has 0 aliphatic carbocycles. The summed E-state index contributed by atoms with van der Waals surface area (Å²) in [6.45, 7) is 9.12. The summed E-state index contributed by atoms with van der Waals surface area (Å²) in [6, 6.07) is 0. The number of rotatable bonds is 28. The third-order valence-electron chi connectivity index (χ3n) is 4.01. The van der Waals surface area contributed by atoms with Gasteiger partial charge in [-0.15, -0.1) is 0 Å². The fraction of sp³-hybridized carbons (Fsp3) is 1.00. The molecule has 0 saturated heterocycles. The molecule has 0 unspecified atom stereocenters.